The highest BCUT2D eigenvalue weighted by molar-refractivity contribution is 7.12. The fraction of sp³-hybridized carbons (Fsp3) is 0.222. The van der Waals surface area contributed by atoms with Gasteiger partial charge in [0, 0.05) is 25.7 Å². The smallest absolute Gasteiger partial charge is 0.263 e. The highest BCUT2D eigenvalue weighted by atomic mass is 32.1. The molecule has 2 rings (SSSR count). The maximum atomic E-state index is 12.3. The summed E-state index contributed by atoms with van der Waals surface area (Å²) in [6, 6.07) is 11.2. The monoisotopic (exact) mass is 328 g/mol. The van der Waals surface area contributed by atoms with Crippen LogP contribution in [-0.2, 0) is 11.3 Å². The molecule has 5 heteroatoms. The Morgan fingerprint density at radius 1 is 1.26 bits per heavy atom. The van der Waals surface area contributed by atoms with E-state index < -0.39 is 0 Å². The standard InChI is InChI=1S/C18H20N2O2S/c1-3-4-11-17(21)19-15-9-6-5-8-14(15)13-20(2)18(22)16-10-7-12-23-16/h3,5-10,12H,1,4,11,13H2,2H3,(H,19,21). The van der Waals surface area contributed by atoms with Crippen LogP contribution in [0.5, 0.6) is 0 Å². The quantitative estimate of drug-likeness (QED) is 0.783. The lowest BCUT2D eigenvalue weighted by atomic mass is 10.1. The van der Waals surface area contributed by atoms with Gasteiger partial charge in [-0.3, -0.25) is 9.59 Å². The molecule has 0 saturated heterocycles. The van der Waals surface area contributed by atoms with Gasteiger partial charge in [-0.25, -0.2) is 0 Å². The summed E-state index contributed by atoms with van der Waals surface area (Å²) in [4.78, 5) is 26.6. The van der Waals surface area contributed by atoms with E-state index in [9.17, 15) is 9.59 Å². The second kappa shape index (κ2) is 8.29. The van der Waals surface area contributed by atoms with Crippen molar-refractivity contribution in [2.45, 2.75) is 19.4 Å². The zero-order chi connectivity index (χ0) is 16.7. The molecular weight excluding hydrogens is 308 g/mol. The molecule has 2 aromatic rings. The molecule has 0 spiro atoms. The number of nitrogens with one attached hydrogen (secondary N) is 1. The molecule has 0 aliphatic rings. The first-order valence-electron chi connectivity index (χ1n) is 7.39. The van der Waals surface area contributed by atoms with Gasteiger partial charge in [0.15, 0.2) is 0 Å². The second-order valence-corrected chi connectivity index (χ2v) is 6.12. The average Bonchev–Trinajstić information content (AvgIpc) is 3.08. The van der Waals surface area contributed by atoms with E-state index in [2.05, 4.69) is 11.9 Å². The van der Waals surface area contributed by atoms with Crippen molar-refractivity contribution in [2.75, 3.05) is 12.4 Å². The van der Waals surface area contributed by atoms with Gasteiger partial charge in [0.05, 0.1) is 4.88 Å². The van der Waals surface area contributed by atoms with Crippen LogP contribution < -0.4 is 5.32 Å². The van der Waals surface area contributed by atoms with Crippen molar-refractivity contribution >= 4 is 28.8 Å². The molecule has 0 bridgehead atoms. The van der Waals surface area contributed by atoms with Gasteiger partial charge in [-0.1, -0.05) is 30.3 Å². The summed E-state index contributed by atoms with van der Waals surface area (Å²) in [5, 5.41) is 4.79. The van der Waals surface area contributed by atoms with Gasteiger partial charge in [0.2, 0.25) is 5.91 Å². The number of carbonyl (C=O) groups excluding carboxylic acids is 2. The van der Waals surface area contributed by atoms with Crippen molar-refractivity contribution in [1.29, 1.82) is 0 Å². The van der Waals surface area contributed by atoms with Gasteiger partial charge in [0.1, 0.15) is 0 Å². The first-order valence-corrected chi connectivity index (χ1v) is 8.27. The number of carbonyl (C=O) groups is 2. The molecule has 4 nitrogen and oxygen atoms in total. The zero-order valence-corrected chi connectivity index (χ0v) is 13.9. The average molecular weight is 328 g/mol. The number of benzene rings is 1. The van der Waals surface area contributed by atoms with E-state index in [-0.39, 0.29) is 11.8 Å². The largest absolute Gasteiger partial charge is 0.337 e. The minimum Gasteiger partial charge on any atom is -0.337 e. The molecule has 0 saturated carbocycles. The van der Waals surface area contributed by atoms with E-state index >= 15 is 0 Å². The Kier molecular flexibility index (Phi) is 6.11. The lowest BCUT2D eigenvalue weighted by molar-refractivity contribution is -0.116. The number of rotatable bonds is 7. The Hall–Kier alpha value is -2.40. The van der Waals surface area contributed by atoms with Crippen molar-refractivity contribution in [3.63, 3.8) is 0 Å². The number of para-hydroxylation sites is 1. The fourth-order valence-corrected chi connectivity index (χ4v) is 2.86. The third-order valence-corrected chi connectivity index (χ3v) is 4.21. The van der Waals surface area contributed by atoms with Gasteiger partial charge in [-0.05, 0) is 29.5 Å². The molecule has 0 radical (unpaired) electrons. The molecule has 0 aliphatic heterocycles. The van der Waals surface area contributed by atoms with Crippen LogP contribution in [0.1, 0.15) is 28.1 Å². The first-order chi connectivity index (χ1) is 11.1. The van der Waals surface area contributed by atoms with Gasteiger partial charge in [-0.2, -0.15) is 0 Å². The van der Waals surface area contributed by atoms with Crippen molar-refractivity contribution in [3.05, 3.63) is 64.9 Å². The molecule has 1 aromatic heterocycles. The summed E-state index contributed by atoms with van der Waals surface area (Å²) in [5.74, 6) is -0.0719. The van der Waals surface area contributed by atoms with E-state index in [1.165, 1.54) is 11.3 Å². The maximum Gasteiger partial charge on any atom is 0.263 e. The third kappa shape index (κ3) is 4.79. The Morgan fingerprint density at radius 3 is 2.74 bits per heavy atom. The third-order valence-electron chi connectivity index (χ3n) is 3.35. The van der Waals surface area contributed by atoms with Crippen LogP contribution in [0.15, 0.2) is 54.4 Å². The molecule has 2 amide bonds. The molecular formula is C18H20N2O2S. The number of hydrogen-bond acceptors (Lipinski definition) is 3. The number of nitrogens with zero attached hydrogens (tertiary/aromatic N) is 1. The number of thiophene rings is 1. The topological polar surface area (TPSA) is 49.4 Å². The van der Waals surface area contributed by atoms with Crippen LogP contribution in [0, 0.1) is 0 Å². The highest BCUT2D eigenvalue weighted by Crippen LogP contribution is 2.19. The summed E-state index contributed by atoms with van der Waals surface area (Å²) in [7, 11) is 1.76. The lowest BCUT2D eigenvalue weighted by Crippen LogP contribution is -2.26. The van der Waals surface area contributed by atoms with Crippen molar-refractivity contribution in [3.8, 4) is 0 Å². The summed E-state index contributed by atoms with van der Waals surface area (Å²) in [6.07, 6.45) is 2.77. The maximum absolute atomic E-state index is 12.3. The number of anilines is 1. The van der Waals surface area contributed by atoms with Gasteiger partial charge in [0.25, 0.3) is 5.91 Å². The van der Waals surface area contributed by atoms with Gasteiger partial charge in [-0.15, -0.1) is 17.9 Å². The van der Waals surface area contributed by atoms with E-state index in [0.29, 0.717) is 24.3 Å². The van der Waals surface area contributed by atoms with Crippen LogP contribution >= 0.6 is 11.3 Å². The van der Waals surface area contributed by atoms with E-state index in [0.717, 1.165) is 11.3 Å². The molecule has 0 unspecified atom stereocenters. The van der Waals surface area contributed by atoms with Crippen LogP contribution in [0.2, 0.25) is 0 Å². The van der Waals surface area contributed by atoms with Crippen LogP contribution in [0.25, 0.3) is 0 Å². The molecule has 1 heterocycles. The second-order valence-electron chi connectivity index (χ2n) is 5.17. The molecule has 0 atom stereocenters. The van der Waals surface area contributed by atoms with Crippen molar-refractivity contribution in [2.24, 2.45) is 0 Å². The number of hydrogen-bond donors (Lipinski definition) is 1. The molecule has 120 valence electrons. The summed E-state index contributed by atoms with van der Waals surface area (Å²) >= 11 is 1.42. The lowest BCUT2D eigenvalue weighted by Gasteiger charge is -2.19. The minimum atomic E-state index is -0.0513. The number of amides is 2. The summed E-state index contributed by atoms with van der Waals surface area (Å²) < 4.78 is 0. The highest BCUT2D eigenvalue weighted by Gasteiger charge is 2.15. The van der Waals surface area contributed by atoms with Crippen LogP contribution in [0.4, 0.5) is 5.69 Å². The predicted molar refractivity (Wildman–Crippen MR) is 94.6 cm³/mol. The Balaban J connectivity index is 2.06. The summed E-state index contributed by atoms with van der Waals surface area (Å²) in [5.41, 5.74) is 1.65. The predicted octanol–water partition coefficient (Wildman–Crippen LogP) is 3.93. The van der Waals surface area contributed by atoms with Crippen LogP contribution in [-0.4, -0.2) is 23.8 Å². The molecule has 0 fully saturated rings. The SMILES string of the molecule is C=CCCC(=O)Nc1ccccc1CN(C)C(=O)c1cccs1. The van der Waals surface area contributed by atoms with E-state index in [1.807, 2.05) is 41.8 Å². The van der Waals surface area contributed by atoms with Crippen molar-refractivity contribution in [1.82, 2.24) is 4.90 Å². The number of allylic oxidation sites excluding steroid dienone is 1. The van der Waals surface area contributed by atoms with Gasteiger partial charge < -0.3 is 10.2 Å². The van der Waals surface area contributed by atoms with E-state index in [1.54, 1.807) is 18.0 Å². The molecule has 1 N–H and O–H groups in total. The van der Waals surface area contributed by atoms with E-state index in [4.69, 9.17) is 0 Å². The fourth-order valence-electron chi connectivity index (χ4n) is 2.14. The van der Waals surface area contributed by atoms with Crippen molar-refractivity contribution < 1.29 is 9.59 Å². The minimum absolute atomic E-state index is 0.0206. The Bertz CT molecular complexity index is 680. The zero-order valence-electron chi connectivity index (χ0n) is 13.1. The molecule has 1 aromatic carbocycles. The molecule has 0 aliphatic carbocycles. The Morgan fingerprint density at radius 2 is 2.04 bits per heavy atom. The summed E-state index contributed by atoms with van der Waals surface area (Å²) in [6.45, 7) is 4.06. The molecule has 23 heavy (non-hydrogen) atoms. The van der Waals surface area contributed by atoms with Crippen LogP contribution in [0.3, 0.4) is 0 Å². The normalized spacial score (nSPS) is 10.1. The van der Waals surface area contributed by atoms with Gasteiger partial charge >= 0.3 is 0 Å². The Labute approximate surface area is 140 Å². The first kappa shape index (κ1) is 17.0.